The minimum Gasteiger partial charge on any atom is -0.329 e. The second kappa shape index (κ2) is 4.95. The van der Waals surface area contributed by atoms with Gasteiger partial charge in [-0.2, -0.15) is 10.4 Å². The molecule has 2 rings (SSSR count). The molecule has 0 aromatic carbocycles. The molecule has 0 aliphatic heterocycles. The number of nitrogens with two attached hydrogens (primary N) is 1. The van der Waals surface area contributed by atoms with Gasteiger partial charge in [0.25, 0.3) is 0 Å². The van der Waals surface area contributed by atoms with Crippen LogP contribution in [0, 0.1) is 11.3 Å². The van der Waals surface area contributed by atoms with Gasteiger partial charge in [0.1, 0.15) is 6.07 Å². The van der Waals surface area contributed by atoms with E-state index in [-0.39, 0.29) is 5.69 Å². The van der Waals surface area contributed by atoms with Gasteiger partial charge in [-0.15, -0.1) is 0 Å². The third kappa shape index (κ3) is 2.44. The Morgan fingerprint density at radius 2 is 2.35 bits per heavy atom. The van der Waals surface area contributed by atoms with E-state index in [2.05, 4.69) is 10.1 Å². The lowest BCUT2D eigenvalue weighted by molar-refractivity contribution is 0.627. The van der Waals surface area contributed by atoms with Crippen LogP contribution >= 0.6 is 11.6 Å². The van der Waals surface area contributed by atoms with Crippen LogP contribution in [0.1, 0.15) is 5.69 Å². The zero-order valence-corrected chi connectivity index (χ0v) is 9.72. The summed E-state index contributed by atoms with van der Waals surface area (Å²) in [5, 5.41) is 13.4. The van der Waals surface area contributed by atoms with Crippen LogP contribution in [-0.2, 0) is 6.54 Å². The van der Waals surface area contributed by atoms with Gasteiger partial charge in [-0.25, -0.2) is 4.98 Å². The van der Waals surface area contributed by atoms with E-state index in [4.69, 9.17) is 22.6 Å². The maximum absolute atomic E-state index is 8.72. The minimum absolute atomic E-state index is 0.219. The van der Waals surface area contributed by atoms with Crippen LogP contribution in [0.5, 0.6) is 0 Å². The second-order valence-electron chi connectivity index (χ2n) is 3.42. The molecule has 0 fully saturated rings. The Kier molecular flexibility index (Phi) is 3.38. The maximum Gasteiger partial charge on any atom is 0.159 e. The fourth-order valence-electron chi connectivity index (χ4n) is 1.43. The van der Waals surface area contributed by atoms with Crippen molar-refractivity contribution in [3.63, 3.8) is 0 Å². The van der Waals surface area contributed by atoms with Gasteiger partial charge in [-0.05, 0) is 12.1 Å². The van der Waals surface area contributed by atoms with Crippen molar-refractivity contribution in [3.05, 3.63) is 35.2 Å². The van der Waals surface area contributed by atoms with Gasteiger partial charge in [-0.1, -0.05) is 11.6 Å². The van der Waals surface area contributed by atoms with Crippen molar-refractivity contribution < 1.29 is 0 Å². The molecule has 0 amide bonds. The fourth-order valence-corrected chi connectivity index (χ4v) is 1.64. The monoisotopic (exact) mass is 247 g/mol. The summed E-state index contributed by atoms with van der Waals surface area (Å²) in [6.45, 7) is 1.20. The molecule has 0 saturated carbocycles. The number of rotatable bonds is 3. The van der Waals surface area contributed by atoms with E-state index in [1.807, 2.05) is 18.3 Å². The lowest BCUT2D eigenvalue weighted by Gasteiger charge is -1.99. The van der Waals surface area contributed by atoms with Crippen LogP contribution < -0.4 is 5.73 Å². The third-order valence-corrected chi connectivity index (χ3v) is 2.53. The number of nitriles is 1. The molecule has 2 heterocycles. The topological polar surface area (TPSA) is 80.5 Å². The maximum atomic E-state index is 8.72. The Morgan fingerprint density at radius 3 is 3.00 bits per heavy atom. The molecule has 2 N–H and O–H groups in total. The highest BCUT2D eigenvalue weighted by Gasteiger charge is 2.07. The quantitative estimate of drug-likeness (QED) is 0.890. The minimum atomic E-state index is 0.219. The predicted molar refractivity (Wildman–Crippen MR) is 64.2 cm³/mol. The fraction of sp³-hybridized carbons (Fsp3) is 0.182. The molecular weight excluding hydrogens is 238 g/mol. The summed E-state index contributed by atoms with van der Waals surface area (Å²) in [5.74, 6) is 0. The molecule has 2 aromatic rings. The van der Waals surface area contributed by atoms with E-state index >= 15 is 0 Å². The standard InChI is InChI=1S/C11H10ClN5/c12-9-5-8(7-15-11(9)6-14)10-1-3-17(16-10)4-2-13/h1,3,5,7H,2,4,13H2. The van der Waals surface area contributed by atoms with Crippen molar-refractivity contribution >= 4 is 11.6 Å². The molecule has 0 radical (unpaired) electrons. The molecule has 5 nitrogen and oxygen atoms in total. The first kappa shape index (κ1) is 11.6. The van der Waals surface area contributed by atoms with E-state index in [1.54, 1.807) is 16.9 Å². The van der Waals surface area contributed by atoms with E-state index in [0.717, 1.165) is 11.3 Å². The van der Waals surface area contributed by atoms with Crippen molar-refractivity contribution in [1.82, 2.24) is 14.8 Å². The predicted octanol–water partition coefficient (Wildman–Crippen LogP) is 1.43. The van der Waals surface area contributed by atoms with Crippen LogP contribution in [0.2, 0.25) is 5.02 Å². The van der Waals surface area contributed by atoms with E-state index in [9.17, 15) is 0 Å². The molecule has 0 saturated heterocycles. The molecule has 86 valence electrons. The Bertz CT molecular complexity index is 569. The third-order valence-electron chi connectivity index (χ3n) is 2.24. The molecule has 0 bridgehead atoms. The lowest BCUT2D eigenvalue weighted by Crippen LogP contribution is -2.10. The summed E-state index contributed by atoms with van der Waals surface area (Å²) in [6, 6.07) is 5.45. The summed E-state index contributed by atoms with van der Waals surface area (Å²) in [6.07, 6.45) is 3.42. The van der Waals surface area contributed by atoms with Gasteiger partial charge in [0, 0.05) is 24.5 Å². The largest absolute Gasteiger partial charge is 0.329 e. The van der Waals surface area contributed by atoms with Crippen molar-refractivity contribution in [1.29, 1.82) is 5.26 Å². The molecule has 0 spiro atoms. The average Bonchev–Trinajstić information content (AvgIpc) is 2.78. The smallest absolute Gasteiger partial charge is 0.159 e. The molecule has 0 atom stereocenters. The highest BCUT2D eigenvalue weighted by molar-refractivity contribution is 6.31. The van der Waals surface area contributed by atoms with Crippen LogP contribution in [-0.4, -0.2) is 21.3 Å². The highest BCUT2D eigenvalue weighted by Crippen LogP contribution is 2.21. The van der Waals surface area contributed by atoms with Gasteiger partial charge in [0.2, 0.25) is 0 Å². The van der Waals surface area contributed by atoms with Crippen LogP contribution in [0.4, 0.5) is 0 Å². The lowest BCUT2D eigenvalue weighted by atomic mass is 10.2. The summed E-state index contributed by atoms with van der Waals surface area (Å²) >= 11 is 5.91. The Labute approximate surface area is 103 Å². The van der Waals surface area contributed by atoms with Gasteiger partial charge in [0.05, 0.1) is 17.3 Å². The van der Waals surface area contributed by atoms with Gasteiger partial charge in [0.15, 0.2) is 5.69 Å². The normalized spacial score (nSPS) is 10.2. The second-order valence-corrected chi connectivity index (χ2v) is 3.83. The molecule has 0 aliphatic rings. The SMILES string of the molecule is N#Cc1ncc(-c2ccn(CCN)n2)cc1Cl. The molecule has 6 heteroatoms. The Morgan fingerprint density at radius 1 is 1.53 bits per heavy atom. The van der Waals surface area contributed by atoms with E-state index in [0.29, 0.717) is 18.1 Å². The number of pyridine rings is 1. The van der Waals surface area contributed by atoms with Crippen LogP contribution in [0.3, 0.4) is 0 Å². The zero-order chi connectivity index (χ0) is 12.3. The summed E-state index contributed by atoms with van der Waals surface area (Å²) < 4.78 is 1.75. The molecule has 0 unspecified atom stereocenters. The first-order valence-corrected chi connectivity index (χ1v) is 5.42. The Balaban J connectivity index is 2.33. The van der Waals surface area contributed by atoms with Crippen LogP contribution in [0.25, 0.3) is 11.3 Å². The Hall–Kier alpha value is -1.90. The zero-order valence-electron chi connectivity index (χ0n) is 8.97. The molecule has 0 aliphatic carbocycles. The molecule has 17 heavy (non-hydrogen) atoms. The number of nitrogens with zero attached hydrogens (tertiary/aromatic N) is 4. The van der Waals surface area contributed by atoms with Gasteiger partial charge in [-0.3, -0.25) is 4.68 Å². The summed E-state index contributed by atoms with van der Waals surface area (Å²) in [4.78, 5) is 3.96. The van der Waals surface area contributed by atoms with Crippen molar-refractivity contribution in [2.75, 3.05) is 6.54 Å². The van der Waals surface area contributed by atoms with Crippen molar-refractivity contribution in [2.24, 2.45) is 5.73 Å². The first-order valence-electron chi connectivity index (χ1n) is 5.04. The van der Waals surface area contributed by atoms with Crippen molar-refractivity contribution in [3.8, 4) is 17.3 Å². The van der Waals surface area contributed by atoms with E-state index < -0.39 is 0 Å². The van der Waals surface area contributed by atoms with E-state index in [1.165, 1.54) is 0 Å². The van der Waals surface area contributed by atoms with Gasteiger partial charge >= 0.3 is 0 Å². The van der Waals surface area contributed by atoms with Gasteiger partial charge < -0.3 is 5.73 Å². The molecule has 2 aromatic heterocycles. The average molecular weight is 248 g/mol. The van der Waals surface area contributed by atoms with Crippen LogP contribution in [0.15, 0.2) is 24.5 Å². The summed E-state index contributed by atoms with van der Waals surface area (Å²) in [5.41, 5.74) is 7.20. The van der Waals surface area contributed by atoms with Crippen molar-refractivity contribution in [2.45, 2.75) is 6.54 Å². The number of aromatic nitrogens is 3. The summed E-state index contributed by atoms with van der Waals surface area (Å²) in [7, 11) is 0. The number of hydrogen-bond acceptors (Lipinski definition) is 4. The highest BCUT2D eigenvalue weighted by atomic mass is 35.5. The number of halogens is 1. The first-order chi connectivity index (χ1) is 8.24. The number of hydrogen-bond donors (Lipinski definition) is 1. The molecular formula is C11H10ClN5.